The molecule has 5 heteroatoms. The highest BCUT2D eigenvalue weighted by molar-refractivity contribution is 5.69. The maximum absolute atomic E-state index is 12.4. The predicted octanol–water partition coefficient (Wildman–Crippen LogP) is 3.56. The van der Waals surface area contributed by atoms with Gasteiger partial charge in [0.05, 0.1) is 13.2 Å². The lowest BCUT2D eigenvalue weighted by Gasteiger charge is -2.25. The Morgan fingerprint density at radius 2 is 2.09 bits per heavy atom. The molecule has 1 fully saturated rings. The third-order valence-corrected chi connectivity index (χ3v) is 4.05. The van der Waals surface area contributed by atoms with Crippen LogP contribution in [0, 0.1) is 0 Å². The number of hydrogen-bond acceptors (Lipinski definition) is 4. The zero-order chi connectivity index (χ0) is 16.1. The van der Waals surface area contributed by atoms with Gasteiger partial charge in [-0.15, -0.1) is 0 Å². The third kappa shape index (κ3) is 3.44. The van der Waals surface area contributed by atoms with E-state index in [0.29, 0.717) is 12.4 Å². The molecule has 0 saturated carbocycles. The van der Waals surface area contributed by atoms with E-state index in [4.69, 9.17) is 9.47 Å². The zero-order valence-corrected chi connectivity index (χ0v) is 13.1. The average molecular weight is 312 g/mol. The molecule has 1 aromatic carbocycles. The first-order chi connectivity index (χ1) is 11.3. The van der Waals surface area contributed by atoms with Crippen LogP contribution in [0.1, 0.15) is 30.0 Å². The van der Waals surface area contributed by atoms with Crippen LogP contribution in [0.15, 0.2) is 48.7 Å². The van der Waals surface area contributed by atoms with Crippen LogP contribution in [0.4, 0.5) is 4.79 Å². The van der Waals surface area contributed by atoms with Crippen LogP contribution in [0.2, 0.25) is 0 Å². The fraction of sp³-hybridized carbons (Fsp3) is 0.333. The maximum Gasteiger partial charge on any atom is 0.410 e. The first kappa shape index (κ1) is 15.3. The molecule has 0 radical (unpaired) electrons. The second kappa shape index (κ2) is 7.13. The lowest BCUT2D eigenvalue weighted by atomic mass is 10.1. The largest absolute Gasteiger partial charge is 0.481 e. The SMILES string of the molecule is COc1ncccc1[C@@H]1CCCN1C(=O)OCc1ccccc1. The van der Waals surface area contributed by atoms with Gasteiger partial charge < -0.3 is 14.4 Å². The molecule has 0 N–H and O–H groups in total. The maximum atomic E-state index is 12.4. The summed E-state index contributed by atoms with van der Waals surface area (Å²) in [7, 11) is 1.60. The van der Waals surface area contributed by atoms with Crippen LogP contribution in [0.3, 0.4) is 0 Å². The van der Waals surface area contributed by atoms with E-state index in [1.165, 1.54) is 0 Å². The van der Waals surface area contributed by atoms with Gasteiger partial charge in [0.15, 0.2) is 0 Å². The fourth-order valence-corrected chi connectivity index (χ4v) is 2.94. The van der Waals surface area contributed by atoms with Crippen LogP contribution in [-0.2, 0) is 11.3 Å². The summed E-state index contributed by atoms with van der Waals surface area (Å²) in [4.78, 5) is 18.4. The van der Waals surface area contributed by atoms with Crippen molar-refractivity contribution in [3.63, 3.8) is 0 Å². The summed E-state index contributed by atoms with van der Waals surface area (Å²) < 4.78 is 10.8. The number of rotatable bonds is 4. The first-order valence-corrected chi connectivity index (χ1v) is 7.76. The molecule has 5 nitrogen and oxygen atoms in total. The molecule has 2 heterocycles. The number of benzene rings is 1. The van der Waals surface area contributed by atoms with Crippen LogP contribution < -0.4 is 4.74 Å². The number of amides is 1. The van der Waals surface area contributed by atoms with Crippen LogP contribution in [-0.4, -0.2) is 29.6 Å². The van der Waals surface area contributed by atoms with Gasteiger partial charge >= 0.3 is 6.09 Å². The molecule has 1 aromatic heterocycles. The molecule has 0 aliphatic carbocycles. The van der Waals surface area contributed by atoms with E-state index in [1.54, 1.807) is 18.2 Å². The third-order valence-electron chi connectivity index (χ3n) is 4.05. The van der Waals surface area contributed by atoms with Gasteiger partial charge in [0, 0.05) is 18.3 Å². The highest BCUT2D eigenvalue weighted by atomic mass is 16.6. The summed E-state index contributed by atoms with van der Waals surface area (Å²) in [6, 6.07) is 13.5. The number of aromatic nitrogens is 1. The number of pyridine rings is 1. The second-order valence-electron chi connectivity index (χ2n) is 5.49. The van der Waals surface area contributed by atoms with Gasteiger partial charge in [-0.3, -0.25) is 0 Å². The van der Waals surface area contributed by atoms with Gasteiger partial charge in [0.2, 0.25) is 5.88 Å². The number of carbonyl (C=O) groups is 1. The summed E-state index contributed by atoms with van der Waals surface area (Å²) in [6.45, 7) is 0.976. The van der Waals surface area contributed by atoms with E-state index in [1.807, 2.05) is 42.5 Å². The smallest absolute Gasteiger partial charge is 0.410 e. The summed E-state index contributed by atoms with van der Waals surface area (Å²) >= 11 is 0. The molecule has 0 unspecified atom stereocenters. The molecule has 1 amide bonds. The lowest BCUT2D eigenvalue weighted by molar-refractivity contribution is 0.0916. The second-order valence-corrected chi connectivity index (χ2v) is 5.49. The Labute approximate surface area is 135 Å². The van der Waals surface area contributed by atoms with E-state index >= 15 is 0 Å². The Hall–Kier alpha value is -2.56. The minimum atomic E-state index is -0.290. The molecule has 120 valence electrons. The average Bonchev–Trinajstić information content (AvgIpc) is 3.10. The fourth-order valence-electron chi connectivity index (χ4n) is 2.94. The minimum Gasteiger partial charge on any atom is -0.481 e. The number of nitrogens with zero attached hydrogens (tertiary/aromatic N) is 2. The summed E-state index contributed by atoms with van der Waals surface area (Å²) in [6.07, 6.45) is 3.24. The van der Waals surface area contributed by atoms with Gasteiger partial charge in [-0.25, -0.2) is 9.78 Å². The van der Waals surface area contributed by atoms with Crippen molar-refractivity contribution in [2.24, 2.45) is 0 Å². The topological polar surface area (TPSA) is 51.7 Å². The van der Waals surface area contributed by atoms with Crippen LogP contribution in [0.5, 0.6) is 5.88 Å². The molecule has 1 saturated heterocycles. The molecule has 0 spiro atoms. The molecular formula is C18H20N2O3. The molecule has 23 heavy (non-hydrogen) atoms. The number of methoxy groups -OCH3 is 1. The summed E-state index contributed by atoms with van der Waals surface area (Å²) in [5.74, 6) is 0.570. The van der Waals surface area contributed by atoms with Gasteiger partial charge in [-0.2, -0.15) is 0 Å². The molecule has 1 atom stereocenters. The van der Waals surface area contributed by atoms with Gasteiger partial charge in [-0.1, -0.05) is 36.4 Å². The van der Waals surface area contributed by atoms with E-state index in [2.05, 4.69) is 4.98 Å². The van der Waals surface area contributed by atoms with Crippen molar-refractivity contribution in [3.8, 4) is 5.88 Å². The molecule has 1 aliphatic heterocycles. The number of likely N-dealkylation sites (tertiary alicyclic amines) is 1. The van der Waals surface area contributed by atoms with Crippen molar-refractivity contribution in [3.05, 3.63) is 59.8 Å². The van der Waals surface area contributed by atoms with Crippen LogP contribution >= 0.6 is 0 Å². The number of carbonyl (C=O) groups excluding carboxylic acids is 1. The van der Waals surface area contributed by atoms with Crippen LogP contribution in [0.25, 0.3) is 0 Å². The molecule has 1 aliphatic rings. The minimum absolute atomic E-state index is 0.0399. The quantitative estimate of drug-likeness (QED) is 0.866. The number of hydrogen-bond donors (Lipinski definition) is 0. The van der Waals surface area contributed by atoms with Gasteiger partial charge in [0.25, 0.3) is 0 Å². The highest BCUT2D eigenvalue weighted by Crippen LogP contribution is 2.36. The standard InChI is InChI=1S/C18H20N2O3/c1-22-17-15(9-5-11-19-17)16-10-6-12-20(16)18(21)23-13-14-7-3-2-4-8-14/h2-5,7-9,11,16H,6,10,12-13H2,1H3/t16-/m0/s1. The Balaban J connectivity index is 1.70. The van der Waals surface area contributed by atoms with E-state index < -0.39 is 0 Å². The Morgan fingerprint density at radius 1 is 1.26 bits per heavy atom. The van der Waals surface area contributed by atoms with Gasteiger partial charge in [-0.05, 0) is 24.5 Å². The van der Waals surface area contributed by atoms with Crippen molar-refractivity contribution in [2.75, 3.05) is 13.7 Å². The van der Waals surface area contributed by atoms with Gasteiger partial charge in [0.1, 0.15) is 6.61 Å². The molecule has 3 rings (SSSR count). The lowest BCUT2D eigenvalue weighted by Crippen LogP contribution is -2.31. The van der Waals surface area contributed by atoms with Crippen molar-refractivity contribution in [2.45, 2.75) is 25.5 Å². The molecule has 2 aromatic rings. The van der Waals surface area contributed by atoms with Crippen molar-refractivity contribution >= 4 is 6.09 Å². The molecular weight excluding hydrogens is 292 g/mol. The van der Waals surface area contributed by atoms with E-state index in [0.717, 1.165) is 24.0 Å². The van der Waals surface area contributed by atoms with E-state index in [9.17, 15) is 4.79 Å². The van der Waals surface area contributed by atoms with Crippen molar-refractivity contribution in [1.29, 1.82) is 0 Å². The Bertz CT molecular complexity index is 660. The monoisotopic (exact) mass is 312 g/mol. The highest BCUT2D eigenvalue weighted by Gasteiger charge is 2.33. The molecule has 0 bridgehead atoms. The van der Waals surface area contributed by atoms with E-state index in [-0.39, 0.29) is 18.7 Å². The summed E-state index contributed by atoms with van der Waals surface area (Å²) in [5.41, 5.74) is 1.92. The van der Waals surface area contributed by atoms with Crippen molar-refractivity contribution in [1.82, 2.24) is 9.88 Å². The normalized spacial score (nSPS) is 17.1. The predicted molar refractivity (Wildman–Crippen MR) is 86.1 cm³/mol. The Kier molecular flexibility index (Phi) is 4.76. The Morgan fingerprint density at radius 3 is 2.87 bits per heavy atom. The van der Waals surface area contributed by atoms with Crippen molar-refractivity contribution < 1.29 is 14.3 Å². The zero-order valence-electron chi connectivity index (χ0n) is 13.1. The number of ether oxygens (including phenoxy) is 2. The summed E-state index contributed by atoms with van der Waals surface area (Å²) in [5, 5.41) is 0. The first-order valence-electron chi connectivity index (χ1n) is 7.76.